The molecule has 0 bridgehead atoms. The Morgan fingerprint density at radius 2 is 1.92 bits per heavy atom. The van der Waals surface area contributed by atoms with E-state index < -0.39 is 11.4 Å². The summed E-state index contributed by atoms with van der Waals surface area (Å²) in [6, 6.07) is 6.80. The number of carboxylic acid groups (broad SMARTS) is 1. The number of fused-ring (bicyclic) bond motifs is 1. The summed E-state index contributed by atoms with van der Waals surface area (Å²) in [6.07, 6.45) is 4.39. The van der Waals surface area contributed by atoms with E-state index in [4.69, 9.17) is 0 Å². The molecule has 1 aliphatic carbocycles. The van der Waals surface area contributed by atoms with Gasteiger partial charge in [0, 0.05) is 12.5 Å². The maximum absolute atomic E-state index is 12.4. The molecule has 1 aromatic heterocycles. The van der Waals surface area contributed by atoms with Gasteiger partial charge in [-0.05, 0) is 36.8 Å². The molecule has 2 aromatic rings. The van der Waals surface area contributed by atoms with E-state index in [1.807, 2.05) is 0 Å². The number of nitrogens with one attached hydrogen (secondary N) is 1. The summed E-state index contributed by atoms with van der Waals surface area (Å²) in [4.78, 5) is 35.7. The first-order chi connectivity index (χ1) is 12.5. The van der Waals surface area contributed by atoms with Gasteiger partial charge >= 0.3 is 0 Å². The fourth-order valence-electron chi connectivity index (χ4n) is 3.63. The molecule has 0 aliphatic heterocycles. The van der Waals surface area contributed by atoms with Crippen molar-refractivity contribution in [3.63, 3.8) is 0 Å². The minimum Gasteiger partial charge on any atom is -0.550 e. The number of carboxylic acids is 1. The Balaban J connectivity index is 1.67. The number of hydrogen-bond acceptors (Lipinski definition) is 6. The number of nitrogens with zero attached hydrogens (tertiary/aromatic N) is 3. The molecule has 1 aliphatic rings. The van der Waals surface area contributed by atoms with Crippen molar-refractivity contribution in [2.45, 2.75) is 45.1 Å². The summed E-state index contributed by atoms with van der Waals surface area (Å²) in [6.45, 7) is 0.00758. The van der Waals surface area contributed by atoms with Crippen LogP contribution in [0.2, 0.25) is 0 Å². The van der Waals surface area contributed by atoms with Crippen molar-refractivity contribution in [1.82, 2.24) is 20.3 Å². The van der Waals surface area contributed by atoms with Gasteiger partial charge in [0.15, 0.2) is 0 Å². The maximum Gasteiger partial charge on any atom is 0.278 e. The number of aromatic nitrogens is 3. The molecule has 1 saturated carbocycles. The first-order valence-corrected chi connectivity index (χ1v) is 8.78. The second kappa shape index (κ2) is 7.63. The van der Waals surface area contributed by atoms with E-state index in [-0.39, 0.29) is 31.0 Å². The Hall–Kier alpha value is -2.77. The second-order valence-electron chi connectivity index (χ2n) is 6.96. The van der Waals surface area contributed by atoms with Crippen molar-refractivity contribution in [2.24, 2.45) is 5.41 Å². The average Bonchev–Trinajstić information content (AvgIpc) is 2.63. The van der Waals surface area contributed by atoms with Gasteiger partial charge < -0.3 is 15.2 Å². The van der Waals surface area contributed by atoms with Crippen LogP contribution in [-0.2, 0) is 16.1 Å². The molecule has 1 fully saturated rings. The quantitative estimate of drug-likeness (QED) is 0.777. The Kier molecular flexibility index (Phi) is 5.29. The third-order valence-electron chi connectivity index (χ3n) is 5.02. The van der Waals surface area contributed by atoms with Gasteiger partial charge in [-0.3, -0.25) is 9.59 Å². The highest BCUT2D eigenvalue weighted by Crippen LogP contribution is 2.38. The van der Waals surface area contributed by atoms with E-state index >= 15 is 0 Å². The molecule has 8 heteroatoms. The van der Waals surface area contributed by atoms with Crippen LogP contribution in [0.3, 0.4) is 0 Å². The molecular formula is C18H21N4O4-. The van der Waals surface area contributed by atoms with Gasteiger partial charge in [0.1, 0.15) is 12.1 Å². The third-order valence-corrected chi connectivity index (χ3v) is 5.02. The number of rotatable bonds is 6. The number of hydrogen-bond donors (Lipinski definition) is 1. The lowest BCUT2D eigenvalue weighted by Gasteiger charge is -2.37. The molecule has 3 rings (SSSR count). The molecule has 138 valence electrons. The molecule has 0 atom stereocenters. The van der Waals surface area contributed by atoms with Crippen LogP contribution in [0, 0.1) is 5.41 Å². The molecule has 1 heterocycles. The van der Waals surface area contributed by atoms with Crippen LogP contribution in [-0.4, -0.2) is 33.4 Å². The van der Waals surface area contributed by atoms with Crippen LogP contribution in [0.15, 0.2) is 29.1 Å². The molecule has 26 heavy (non-hydrogen) atoms. The lowest BCUT2D eigenvalue weighted by atomic mass is 9.71. The van der Waals surface area contributed by atoms with Crippen LogP contribution >= 0.6 is 0 Å². The first-order valence-electron chi connectivity index (χ1n) is 8.78. The topological polar surface area (TPSA) is 117 Å². The van der Waals surface area contributed by atoms with E-state index in [1.54, 1.807) is 24.3 Å². The highest BCUT2D eigenvalue weighted by Gasteiger charge is 2.32. The van der Waals surface area contributed by atoms with E-state index in [9.17, 15) is 19.5 Å². The molecule has 1 aromatic carbocycles. The standard InChI is InChI=1S/C18H22N4O4/c23-15(19-12-18(10-16(24)25)8-4-1-5-9-18)11-22-17(26)13-6-2-3-7-14(13)20-21-22/h2-3,6-7H,1,4-5,8-12H2,(H,19,23)(H,24,25)/p-1. The van der Waals surface area contributed by atoms with Crippen LogP contribution in [0.4, 0.5) is 0 Å². The number of carbonyl (C=O) groups excluding carboxylic acids is 2. The fraction of sp³-hybridized carbons (Fsp3) is 0.500. The molecule has 1 amide bonds. The SMILES string of the molecule is O=C([O-])CC1(CNC(=O)Cn2nnc3ccccc3c2=O)CCCCC1. The predicted molar refractivity (Wildman–Crippen MR) is 91.9 cm³/mol. The zero-order valence-corrected chi connectivity index (χ0v) is 14.4. The van der Waals surface area contributed by atoms with Gasteiger partial charge in [-0.25, -0.2) is 4.68 Å². The Morgan fingerprint density at radius 3 is 2.65 bits per heavy atom. The number of benzene rings is 1. The van der Waals surface area contributed by atoms with Crippen molar-refractivity contribution in [3.05, 3.63) is 34.6 Å². The van der Waals surface area contributed by atoms with Gasteiger partial charge in [-0.15, -0.1) is 5.10 Å². The second-order valence-corrected chi connectivity index (χ2v) is 6.96. The van der Waals surface area contributed by atoms with Crippen molar-refractivity contribution in [2.75, 3.05) is 6.54 Å². The summed E-state index contributed by atoms with van der Waals surface area (Å²) in [5, 5.41) is 22.0. The summed E-state index contributed by atoms with van der Waals surface area (Å²) in [5.74, 6) is -1.49. The predicted octanol–water partition coefficient (Wildman–Crippen LogP) is -0.00180. The maximum atomic E-state index is 12.4. The lowest BCUT2D eigenvalue weighted by Crippen LogP contribution is -2.44. The molecule has 1 N–H and O–H groups in total. The summed E-state index contributed by atoms with van der Waals surface area (Å²) >= 11 is 0. The van der Waals surface area contributed by atoms with Gasteiger partial charge in [-0.1, -0.05) is 36.6 Å². The van der Waals surface area contributed by atoms with Gasteiger partial charge in [0.25, 0.3) is 5.56 Å². The van der Waals surface area contributed by atoms with E-state index in [0.29, 0.717) is 10.9 Å². The molecular weight excluding hydrogens is 336 g/mol. The number of carbonyl (C=O) groups is 2. The zero-order chi connectivity index (χ0) is 18.6. The highest BCUT2D eigenvalue weighted by molar-refractivity contribution is 5.78. The zero-order valence-electron chi connectivity index (χ0n) is 14.4. The van der Waals surface area contributed by atoms with Crippen LogP contribution in [0.1, 0.15) is 38.5 Å². The molecule has 0 saturated heterocycles. The monoisotopic (exact) mass is 357 g/mol. The van der Waals surface area contributed by atoms with Crippen LogP contribution in [0.5, 0.6) is 0 Å². The first kappa shape index (κ1) is 18.0. The largest absolute Gasteiger partial charge is 0.550 e. The van der Waals surface area contributed by atoms with Gasteiger partial charge in [0.2, 0.25) is 5.91 Å². The fourth-order valence-corrected chi connectivity index (χ4v) is 3.63. The van der Waals surface area contributed by atoms with E-state index in [2.05, 4.69) is 15.6 Å². The minimum atomic E-state index is -1.10. The molecule has 0 radical (unpaired) electrons. The van der Waals surface area contributed by atoms with Crippen LogP contribution in [0.25, 0.3) is 10.9 Å². The van der Waals surface area contributed by atoms with E-state index in [0.717, 1.165) is 36.8 Å². The lowest BCUT2D eigenvalue weighted by molar-refractivity contribution is -0.308. The highest BCUT2D eigenvalue weighted by atomic mass is 16.4. The summed E-state index contributed by atoms with van der Waals surface area (Å²) < 4.78 is 1.02. The van der Waals surface area contributed by atoms with Crippen LogP contribution < -0.4 is 16.0 Å². The van der Waals surface area contributed by atoms with Gasteiger partial charge in [-0.2, -0.15) is 0 Å². The number of aliphatic carboxylic acids is 1. The van der Waals surface area contributed by atoms with Gasteiger partial charge in [0.05, 0.1) is 5.39 Å². The van der Waals surface area contributed by atoms with Crippen molar-refractivity contribution in [1.29, 1.82) is 0 Å². The third kappa shape index (κ3) is 4.07. The minimum absolute atomic E-state index is 0.0665. The Morgan fingerprint density at radius 1 is 1.19 bits per heavy atom. The van der Waals surface area contributed by atoms with Crippen molar-refractivity contribution < 1.29 is 14.7 Å². The summed E-state index contributed by atoms with van der Waals surface area (Å²) in [5.41, 5.74) is -0.371. The molecule has 8 nitrogen and oxygen atoms in total. The van der Waals surface area contributed by atoms with Crippen molar-refractivity contribution >= 4 is 22.8 Å². The Bertz CT molecular complexity index is 871. The normalized spacial score (nSPS) is 16.3. The molecule has 0 spiro atoms. The molecule has 0 unspecified atom stereocenters. The number of amides is 1. The van der Waals surface area contributed by atoms with Crippen molar-refractivity contribution in [3.8, 4) is 0 Å². The van der Waals surface area contributed by atoms with E-state index in [1.165, 1.54) is 0 Å². The summed E-state index contributed by atoms with van der Waals surface area (Å²) in [7, 11) is 0. The average molecular weight is 357 g/mol. The smallest absolute Gasteiger partial charge is 0.278 e. The Labute approximate surface area is 150 Å².